The Hall–Kier alpha value is -2.79. The highest BCUT2D eigenvalue weighted by atomic mass is 16.5. The first-order valence-electron chi connectivity index (χ1n) is 8.75. The summed E-state index contributed by atoms with van der Waals surface area (Å²) in [6, 6.07) is 16.1. The summed E-state index contributed by atoms with van der Waals surface area (Å²) in [4.78, 5) is 15.1. The third-order valence-electron chi connectivity index (χ3n) is 4.81. The maximum atomic E-state index is 11.8. The maximum Gasteiger partial charge on any atom is 0.364 e. The lowest BCUT2D eigenvalue weighted by Gasteiger charge is -2.18. The molecule has 3 rings (SSSR count). The van der Waals surface area contributed by atoms with Gasteiger partial charge in [-0.05, 0) is 36.2 Å². The fourth-order valence-corrected chi connectivity index (χ4v) is 3.28. The molecule has 0 aliphatic carbocycles. The van der Waals surface area contributed by atoms with Crippen molar-refractivity contribution >= 4 is 16.9 Å². The van der Waals surface area contributed by atoms with Gasteiger partial charge in [-0.15, -0.1) is 0 Å². The number of nitrogens with two attached hydrogens (primary N) is 1. The predicted octanol–water partition coefficient (Wildman–Crippen LogP) is 2.43. The van der Waals surface area contributed by atoms with Crippen LogP contribution in [0.15, 0.2) is 54.7 Å². The summed E-state index contributed by atoms with van der Waals surface area (Å²) in [7, 11) is 3.09. The molecule has 5 heteroatoms. The van der Waals surface area contributed by atoms with Crippen molar-refractivity contribution in [2.75, 3.05) is 20.8 Å². The molecule has 26 heavy (non-hydrogen) atoms. The fraction of sp³-hybridized carbons (Fsp3) is 0.286. The first-order valence-corrected chi connectivity index (χ1v) is 8.75. The molecule has 1 heterocycles. The number of hydrogen-bond acceptors (Lipinski definition) is 3. The summed E-state index contributed by atoms with van der Waals surface area (Å²) in [5.41, 5.74) is 3.52. The number of aromatic nitrogens is 1. The van der Waals surface area contributed by atoms with Crippen molar-refractivity contribution in [1.29, 1.82) is 0 Å². The van der Waals surface area contributed by atoms with Gasteiger partial charge in [0.2, 0.25) is 0 Å². The Bertz CT molecular complexity index is 870. The number of para-hydroxylation sites is 1. The Balaban J connectivity index is 1.94. The molecule has 0 saturated carbocycles. The van der Waals surface area contributed by atoms with Gasteiger partial charge in [0.25, 0.3) is 0 Å². The molecule has 0 aliphatic rings. The van der Waals surface area contributed by atoms with Gasteiger partial charge in [-0.3, -0.25) is 0 Å². The Labute approximate surface area is 153 Å². The topological polar surface area (TPSA) is 67.9 Å². The Morgan fingerprint density at radius 1 is 1.12 bits per heavy atom. The zero-order chi connectivity index (χ0) is 18.5. The highest BCUT2D eigenvalue weighted by Gasteiger charge is 2.23. The van der Waals surface area contributed by atoms with E-state index in [1.54, 1.807) is 7.11 Å². The highest BCUT2D eigenvalue weighted by Crippen LogP contribution is 2.30. The van der Waals surface area contributed by atoms with Gasteiger partial charge in [0.15, 0.2) is 6.04 Å². The molecule has 2 atom stereocenters. The number of benzene rings is 2. The summed E-state index contributed by atoms with van der Waals surface area (Å²) in [5, 5.41) is 3.23. The van der Waals surface area contributed by atoms with E-state index in [9.17, 15) is 4.79 Å². The average Bonchev–Trinajstić information content (AvgIpc) is 3.12. The molecule has 136 valence electrons. The highest BCUT2D eigenvalue weighted by molar-refractivity contribution is 5.84. The van der Waals surface area contributed by atoms with Crippen molar-refractivity contribution in [2.45, 2.75) is 18.9 Å². The van der Waals surface area contributed by atoms with Crippen molar-refractivity contribution in [3.63, 3.8) is 0 Å². The lowest BCUT2D eigenvalue weighted by molar-refractivity contribution is -0.676. The Morgan fingerprint density at radius 2 is 1.85 bits per heavy atom. The number of rotatable bonds is 7. The van der Waals surface area contributed by atoms with Gasteiger partial charge in [0.05, 0.1) is 26.7 Å². The van der Waals surface area contributed by atoms with E-state index in [0.29, 0.717) is 0 Å². The van der Waals surface area contributed by atoms with Crippen molar-refractivity contribution in [3.8, 4) is 5.75 Å². The van der Waals surface area contributed by atoms with Crippen molar-refractivity contribution in [2.24, 2.45) is 0 Å². The Kier molecular flexibility index (Phi) is 5.58. The molecule has 0 fully saturated rings. The lowest BCUT2D eigenvalue weighted by atomic mass is 9.90. The van der Waals surface area contributed by atoms with E-state index >= 15 is 0 Å². The van der Waals surface area contributed by atoms with Crippen molar-refractivity contribution < 1.29 is 19.6 Å². The van der Waals surface area contributed by atoms with Crippen LogP contribution in [0.4, 0.5) is 0 Å². The molecule has 3 aromatic rings. The number of quaternary nitrogens is 1. The van der Waals surface area contributed by atoms with E-state index < -0.39 is 0 Å². The van der Waals surface area contributed by atoms with Crippen LogP contribution in [0.1, 0.15) is 24.0 Å². The number of methoxy groups -OCH3 is 2. The number of hydrogen-bond donors (Lipinski definition) is 2. The lowest BCUT2D eigenvalue weighted by Crippen LogP contribution is -2.92. The number of H-pyrrole nitrogens is 1. The molecule has 0 amide bonds. The molecule has 0 unspecified atom stereocenters. The zero-order valence-electron chi connectivity index (χ0n) is 15.4. The van der Waals surface area contributed by atoms with Crippen LogP contribution >= 0.6 is 0 Å². The van der Waals surface area contributed by atoms with E-state index in [0.717, 1.165) is 17.8 Å². The second-order valence-corrected chi connectivity index (χ2v) is 6.40. The molecule has 2 aromatic carbocycles. The fourth-order valence-electron chi connectivity index (χ4n) is 3.28. The van der Waals surface area contributed by atoms with E-state index in [2.05, 4.69) is 35.4 Å². The maximum absolute atomic E-state index is 11.8. The van der Waals surface area contributed by atoms with Crippen LogP contribution in [0, 0.1) is 0 Å². The second kappa shape index (κ2) is 8.06. The van der Waals surface area contributed by atoms with Gasteiger partial charge in [-0.1, -0.05) is 30.3 Å². The molecule has 0 spiro atoms. The smallest absolute Gasteiger partial charge is 0.364 e. The first-order chi connectivity index (χ1) is 12.6. The van der Waals surface area contributed by atoms with E-state index in [1.807, 2.05) is 36.5 Å². The van der Waals surface area contributed by atoms with Gasteiger partial charge < -0.3 is 19.8 Å². The molecule has 5 nitrogen and oxygen atoms in total. The predicted molar refractivity (Wildman–Crippen MR) is 101 cm³/mol. The first kappa shape index (κ1) is 18.0. The molecular formula is C21H25N2O3+. The number of fused-ring (bicyclic) bond motifs is 1. The van der Waals surface area contributed by atoms with E-state index in [-0.39, 0.29) is 17.9 Å². The van der Waals surface area contributed by atoms with Gasteiger partial charge in [-0.25, -0.2) is 4.79 Å². The molecule has 0 bridgehead atoms. The van der Waals surface area contributed by atoms with E-state index in [1.165, 1.54) is 23.6 Å². The summed E-state index contributed by atoms with van der Waals surface area (Å²) in [6.45, 7) is 2.61. The van der Waals surface area contributed by atoms with Crippen LogP contribution in [-0.2, 0) is 9.53 Å². The number of esters is 1. The standard InChI is InChI=1S/C21H24N2O3/c1-14(21(24)26-3)22-12-18(15-8-10-16(25-2)11-9-15)19-13-23-20-7-5-4-6-17(19)20/h4-11,13-14,18,22-23H,12H2,1-3H3/p+1/t14-,18-/m1/s1. The van der Waals surface area contributed by atoms with Crippen LogP contribution in [0.2, 0.25) is 0 Å². The van der Waals surface area contributed by atoms with E-state index in [4.69, 9.17) is 9.47 Å². The number of carbonyl (C=O) groups is 1. The summed E-state index contributed by atoms with van der Waals surface area (Å²) < 4.78 is 10.1. The number of ether oxygens (including phenoxy) is 2. The molecular weight excluding hydrogens is 328 g/mol. The summed E-state index contributed by atoms with van der Waals surface area (Å²) in [5.74, 6) is 0.764. The summed E-state index contributed by atoms with van der Waals surface area (Å²) >= 11 is 0. The SMILES string of the molecule is COC(=O)[C@@H](C)[NH2+]C[C@H](c1ccc(OC)cc1)c1c[nH]c2ccccc12. The number of nitrogens with one attached hydrogen (secondary N) is 1. The minimum absolute atomic E-state index is 0.143. The van der Waals surface area contributed by atoms with Crippen molar-refractivity contribution in [1.82, 2.24) is 4.98 Å². The Morgan fingerprint density at radius 3 is 2.54 bits per heavy atom. The molecule has 0 saturated heterocycles. The molecule has 1 aromatic heterocycles. The normalized spacial score (nSPS) is 13.3. The van der Waals surface area contributed by atoms with Gasteiger partial charge in [0.1, 0.15) is 5.75 Å². The molecule has 0 aliphatic heterocycles. The number of aromatic amines is 1. The largest absolute Gasteiger partial charge is 0.497 e. The van der Waals surface area contributed by atoms with Gasteiger partial charge >= 0.3 is 5.97 Å². The molecule has 0 radical (unpaired) electrons. The van der Waals surface area contributed by atoms with Crippen LogP contribution < -0.4 is 10.1 Å². The van der Waals surface area contributed by atoms with Crippen molar-refractivity contribution in [3.05, 3.63) is 65.9 Å². The number of carbonyl (C=O) groups excluding carboxylic acids is 1. The minimum Gasteiger partial charge on any atom is -0.497 e. The van der Waals surface area contributed by atoms with Crippen LogP contribution in [-0.4, -0.2) is 37.8 Å². The quantitative estimate of drug-likeness (QED) is 0.641. The second-order valence-electron chi connectivity index (χ2n) is 6.40. The third-order valence-corrected chi connectivity index (χ3v) is 4.81. The van der Waals surface area contributed by atoms with Gasteiger partial charge in [0, 0.05) is 17.1 Å². The minimum atomic E-state index is -0.244. The van der Waals surface area contributed by atoms with Crippen LogP contribution in [0.5, 0.6) is 5.75 Å². The third kappa shape index (κ3) is 3.73. The van der Waals surface area contributed by atoms with Crippen LogP contribution in [0.25, 0.3) is 10.9 Å². The summed E-state index contributed by atoms with van der Waals surface area (Å²) in [6.07, 6.45) is 2.07. The zero-order valence-corrected chi connectivity index (χ0v) is 15.4. The molecule has 3 N–H and O–H groups in total. The van der Waals surface area contributed by atoms with Crippen LogP contribution in [0.3, 0.4) is 0 Å². The monoisotopic (exact) mass is 353 g/mol. The van der Waals surface area contributed by atoms with Gasteiger partial charge in [-0.2, -0.15) is 0 Å². The average molecular weight is 353 g/mol.